The fourth-order valence-corrected chi connectivity index (χ4v) is 6.87. The second-order valence-electron chi connectivity index (χ2n) is 11.7. The summed E-state index contributed by atoms with van der Waals surface area (Å²) in [6.45, 7) is 11.5. The predicted octanol–water partition coefficient (Wildman–Crippen LogP) is 5.59. The Morgan fingerprint density at radius 3 is 2.43 bits per heavy atom. The van der Waals surface area contributed by atoms with Gasteiger partial charge in [-0.15, -0.1) is 6.58 Å². The first-order valence-corrected chi connectivity index (χ1v) is 17.9. The normalized spacial score (nSPS) is 13.8. The molecule has 5 rings (SSSR count). The Kier molecular flexibility index (Phi) is 12.9. The van der Waals surface area contributed by atoms with Crippen molar-refractivity contribution >= 4 is 29.4 Å². The maximum Gasteiger partial charge on any atom is 0.343 e. The van der Waals surface area contributed by atoms with Crippen molar-refractivity contribution in [2.24, 2.45) is 4.99 Å². The lowest BCUT2D eigenvalue weighted by atomic mass is 9.95. The van der Waals surface area contributed by atoms with E-state index < -0.39 is 18.0 Å². The zero-order valence-electron chi connectivity index (χ0n) is 30.2. The highest BCUT2D eigenvalue weighted by Gasteiger charge is 2.34. The number of esters is 2. The highest BCUT2D eigenvalue weighted by atomic mass is 32.1. The number of rotatable bonds is 16. The topological polar surface area (TPSA) is 124 Å². The second-order valence-corrected chi connectivity index (χ2v) is 12.7. The molecule has 1 aliphatic rings. The zero-order chi connectivity index (χ0) is 38.1. The van der Waals surface area contributed by atoms with Gasteiger partial charge < -0.3 is 28.4 Å². The molecule has 0 saturated heterocycles. The smallest absolute Gasteiger partial charge is 0.343 e. The summed E-state index contributed by atoms with van der Waals surface area (Å²) in [5.74, 6) is 0.0148. The van der Waals surface area contributed by atoms with Gasteiger partial charge in [0.05, 0.1) is 48.8 Å². The van der Waals surface area contributed by atoms with Crippen molar-refractivity contribution in [1.82, 2.24) is 4.57 Å². The zero-order valence-corrected chi connectivity index (χ0v) is 31.0. The molecule has 278 valence electrons. The van der Waals surface area contributed by atoms with Crippen LogP contribution < -0.4 is 33.8 Å². The van der Waals surface area contributed by atoms with Crippen molar-refractivity contribution < 1.29 is 42.4 Å². The molecule has 4 aromatic rings. The van der Waals surface area contributed by atoms with Gasteiger partial charge in [-0.3, -0.25) is 9.36 Å². The third kappa shape index (κ3) is 8.86. The Bertz CT molecular complexity index is 2220. The lowest BCUT2D eigenvalue weighted by Crippen LogP contribution is -2.40. The molecule has 0 saturated carbocycles. The number of carbonyl (C=O) groups is 2. The molecule has 0 unspecified atom stereocenters. The van der Waals surface area contributed by atoms with Crippen LogP contribution in [-0.2, 0) is 32.1 Å². The Morgan fingerprint density at radius 2 is 1.74 bits per heavy atom. The molecular weight excluding hydrogens is 704 g/mol. The second kappa shape index (κ2) is 17.7. The number of halogens is 1. The van der Waals surface area contributed by atoms with Crippen LogP contribution >= 0.6 is 11.3 Å². The van der Waals surface area contributed by atoms with Gasteiger partial charge in [0.25, 0.3) is 5.56 Å². The van der Waals surface area contributed by atoms with Gasteiger partial charge in [-0.2, -0.15) is 0 Å². The SMILES string of the molecule is C=CCc1cc(/C=c2\sc3n(c2=O)[C@@H](c2ccc(OCC(=O)OC)c(OCC)c2)C(C(=O)OCC)=C(C)N=3)cc(OCC)c1OCc1cccc(F)c1. The number of hydrogen-bond donors (Lipinski definition) is 0. The number of nitrogens with zero attached hydrogens (tertiary/aromatic N) is 2. The van der Waals surface area contributed by atoms with Crippen LogP contribution in [0, 0.1) is 5.82 Å². The summed E-state index contributed by atoms with van der Waals surface area (Å²) in [7, 11) is 1.26. The van der Waals surface area contributed by atoms with Gasteiger partial charge >= 0.3 is 11.9 Å². The number of methoxy groups -OCH3 is 1. The molecule has 1 aliphatic heterocycles. The van der Waals surface area contributed by atoms with E-state index in [0.717, 1.165) is 5.56 Å². The third-order valence-corrected chi connectivity index (χ3v) is 9.04. The summed E-state index contributed by atoms with van der Waals surface area (Å²) in [6, 6.07) is 13.9. The molecule has 53 heavy (non-hydrogen) atoms. The van der Waals surface area contributed by atoms with E-state index in [0.29, 0.717) is 62.0 Å². The number of fused-ring (bicyclic) bond motifs is 1. The van der Waals surface area contributed by atoms with Gasteiger partial charge in [-0.1, -0.05) is 35.6 Å². The molecule has 0 aliphatic carbocycles. The Labute approximate surface area is 310 Å². The fourth-order valence-electron chi connectivity index (χ4n) is 5.82. The average molecular weight is 745 g/mol. The van der Waals surface area contributed by atoms with E-state index >= 15 is 0 Å². The van der Waals surface area contributed by atoms with Crippen molar-refractivity contribution in [3.05, 3.63) is 126 Å². The number of allylic oxidation sites excluding steroid dienone is 2. The van der Waals surface area contributed by atoms with E-state index in [4.69, 9.17) is 28.4 Å². The van der Waals surface area contributed by atoms with Crippen LogP contribution in [0.4, 0.5) is 4.39 Å². The van der Waals surface area contributed by atoms with E-state index in [1.807, 2.05) is 13.0 Å². The van der Waals surface area contributed by atoms with Crippen LogP contribution in [0.2, 0.25) is 0 Å². The predicted molar refractivity (Wildman–Crippen MR) is 198 cm³/mol. The van der Waals surface area contributed by atoms with Crippen LogP contribution in [0.1, 0.15) is 56.0 Å². The average Bonchev–Trinajstić information content (AvgIpc) is 3.43. The lowest BCUT2D eigenvalue weighted by molar-refractivity contribution is -0.143. The van der Waals surface area contributed by atoms with Crippen LogP contribution in [0.3, 0.4) is 0 Å². The molecule has 3 aromatic carbocycles. The van der Waals surface area contributed by atoms with Crippen LogP contribution in [0.15, 0.2) is 88.3 Å². The summed E-state index contributed by atoms with van der Waals surface area (Å²) < 4.78 is 49.5. The minimum Gasteiger partial charge on any atom is -0.490 e. The van der Waals surface area contributed by atoms with Gasteiger partial charge in [0.1, 0.15) is 12.4 Å². The lowest BCUT2D eigenvalue weighted by Gasteiger charge is -2.25. The number of ether oxygens (including phenoxy) is 6. The first-order chi connectivity index (χ1) is 25.6. The molecule has 0 radical (unpaired) electrons. The van der Waals surface area contributed by atoms with E-state index in [1.165, 1.54) is 35.1 Å². The number of hydrogen-bond acceptors (Lipinski definition) is 11. The molecule has 11 nitrogen and oxygen atoms in total. The fraction of sp³-hybridized carbons (Fsp3) is 0.300. The van der Waals surface area contributed by atoms with Crippen molar-refractivity contribution in [2.45, 2.75) is 46.8 Å². The van der Waals surface area contributed by atoms with Crippen molar-refractivity contribution in [3.63, 3.8) is 0 Å². The monoisotopic (exact) mass is 744 g/mol. The molecule has 13 heteroatoms. The standard InChI is InChI=1S/C40H41FN2O9S/c1-7-12-28-17-26(19-32(49-9-3)37(28)52-22-25-13-11-14-29(41)18-25)20-33-38(45)43-36(35(39(46)50-10-4)24(5)42-40(43)53-33)27-15-16-30(31(21-27)48-8-2)51-23-34(44)47-6/h7,11,13-21,36H,1,8-10,12,22-23H2,2-6H3/b33-20-/t36-/m0/s1. The highest BCUT2D eigenvalue weighted by molar-refractivity contribution is 7.07. The maximum absolute atomic E-state index is 14.4. The van der Waals surface area contributed by atoms with E-state index in [1.54, 1.807) is 69.3 Å². The molecular formula is C40H41FN2O9S. The van der Waals surface area contributed by atoms with Crippen molar-refractivity contribution in [3.8, 4) is 23.0 Å². The Hall–Kier alpha value is -5.69. The molecule has 2 heterocycles. The van der Waals surface area contributed by atoms with Crippen LogP contribution in [-0.4, -0.2) is 50.0 Å². The molecule has 0 spiro atoms. The van der Waals surface area contributed by atoms with Gasteiger partial charge in [0.15, 0.2) is 34.4 Å². The van der Waals surface area contributed by atoms with Gasteiger partial charge in [0.2, 0.25) is 0 Å². The van der Waals surface area contributed by atoms with Crippen LogP contribution in [0.25, 0.3) is 6.08 Å². The molecule has 0 amide bonds. The van der Waals surface area contributed by atoms with Crippen molar-refractivity contribution in [2.75, 3.05) is 33.5 Å². The van der Waals surface area contributed by atoms with Crippen molar-refractivity contribution in [1.29, 1.82) is 0 Å². The quantitative estimate of drug-likeness (QED) is 0.107. The summed E-state index contributed by atoms with van der Waals surface area (Å²) in [5.41, 5.74) is 2.84. The highest BCUT2D eigenvalue weighted by Crippen LogP contribution is 2.37. The minimum absolute atomic E-state index is 0.117. The maximum atomic E-state index is 14.4. The Balaban J connectivity index is 1.63. The number of thiazole rings is 1. The van der Waals surface area contributed by atoms with E-state index in [-0.39, 0.29) is 49.1 Å². The Morgan fingerprint density at radius 1 is 0.962 bits per heavy atom. The summed E-state index contributed by atoms with van der Waals surface area (Å²) in [6.07, 6.45) is 3.91. The van der Waals surface area contributed by atoms with E-state index in [2.05, 4.69) is 11.6 Å². The van der Waals surface area contributed by atoms with Gasteiger partial charge in [-0.05, 0) is 93.3 Å². The van der Waals surface area contributed by atoms with Gasteiger partial charge in [-0.25, -0.2) is 19.0 Å². The van der Waals surface area contributed by atoms with Crippen LogP contribution in [0.5, 0.6) is 23.0 Å². The largest absolute Gasteiger partial charge is 0.490 e. The number of carbonyl (C=O) groups excluding carboxylic acids is 2. The van der Waals surface area contributed by atoms with Gasteiger partial charge in [0, 0.05) is 5.56 Å². The minimum atomic E-state index is -0.921. The number of aromatic nitrogens is 1. The molecule has 0 N–H and O–H groups in total. The summed E-state index contributed by atoms with van der Waals surface area (Å²) in [5, 5.41) is 0. The third-order valence-electron chi connectivity index (χ3n) is 8.06. The molecule has 0 fully saturated rings. The summed E-state index contributed by atoms with van der Waals surface area (Å²) in [4.78, 5) is 44.7. The van der Waals surface area contributed by atoms with E-state index in [9.17, 15) is 18.8 Å². The summed E-state index contributed by atoms with van der Waals surface area (Å²) >= 11 is 1.18. The number of benzene rings is 3. The first kappa shape index (κ1) is 38.5. The molecule has 1 aromatic heterocycles. The first-order valence-electron chi connectivity index (χ1n) is 17.1. The molecule has 0 bridgehead atoms. The molecule has 1 atom stereocenters.